The molecule has 1 amide bonds. The Hall–Kier alpha value is -0.630. The molecule has 0 heterocycles. The fraction of sp³-hybridized carbons (Fsp3) is 0.133. The molecule has 0 aliphatic rings. The lowest BCUT2D eigenvalue weighted by Gasteiger charge is -2.13. The monoisotopic (exact) mass is 479 g/mol. The highest BCUT2D eigenvalue weighted by Crippen LogP contribution is 2.19. The lowest BCUT2D eigenvalue weighted by molar-refractivity contribution is 0.0915. The molecule has 21 heavy (non-hydrogen) atoms. The number of hydrogen-bond acceptors (Lipinski definition) is 2. The Morgan fingerprint density at radius 2 is 1.95 bits per heavy atom. The molecule has 0 bridgehead atoms. The maximum absolute atomic E-state index is 12.1. The van der Waals surface area contributed by atoms with Gasteiger partial charge in [0, 0.05) is 19.6 Å². The second kappa shape index (κ2) is 7.58. The van der Waals surface area contributed by atoms with Crippen molar-refractivity contribution in [3.63, 3.8) is 0 Å². The number of halogens is 3. The van der Waals surface area contributed by atoms with Gasteiger partial charge in [0.25, 0.3) is 5.91 Å². The van der Waals surface area contributed by atoms with E-state index in [-0.39, 0.29) is 12.5 Å². The van der Waals surface area contributed by atoms with Crippen molar-refractivity contribution in [2.75, 3.05) is 6.54 Å². The number of carbonyl (C=O) groups excluding carboxylic acids is 1. The fourth-order valence-electron chi connectivity index (χ4n) is 1.76. The average Bonchev–Trinajstić information content (AvgIpc) is 2.47. The second-order valence-electron chi connectivity index (χ2n) is 4.40. The number of aliphatic hydroxyl groups excluding tert-OH is 1. The van der Waals surface area contributed by atoms with E-state index in [1.54, 1.807) is 30.3 Å². The molecule has 0 spiro atoms. The van der Waals surface area contributed by atoms with Gasteiger partial charge in [-0.3, -0.25) is 4.79 Å². The van der Waals surface area contributed by atoms with Gasteiger partial charge in [-0.15, -0.1) is 0 Å². The molecule has 2 rings (SSSR count). The zero-order valence-corrected chi connectivity index (χ0v) is 15.3. The average molecular weight is 481 g/mol. The molecule has 0 radical (unpaired) electrons. The number of rotatable bonds is 4. The van der Waals surface area contributed by atoms with Crippen LogP contribution in [0.3, 0.4) is 0 Å². The summed E-state index contributed by atoms with van der Waals surface area (Å²) in [6.07, 6.45) is -0.768. The quantitative estimate of drug-likeness (QED) is 0.646. The van der Waals surface area contributed by atoms with E-state index in [4.69, 9.17) is 11.6 Å². The van der Waals surface area contributed by atoms with Gasteiger partial charge in [-0.25, -0.2) is 0 Å². The number of hydrogen-bond donors (Lipinski definition) is 2. The molecular weight excluding hydrogens is 468 g/mol. The standard InChI is InChI=1S/C15H12BrClINO2/c16-10-3-6-13(18)12(7-10)15(21)19-8-14(20)9-1-4-11(17)5-2-9/h1-7,14,20H,8H2,(H,19,21). The Morgan fingerprint density at radius 1 is 1.29 bits per heavy atom. The molecule has 0 saturated carbocycles. The van der Waals surface area contributed by atoms with Crippen LogP contribution in [0.25, 0.3) is 0 Å². The molecule has 110 valence electrons. The topological polar surface area (TPSA) is 49.3 Å². The first-order valence-corrected chi connectivity index (χ1v) is 8.39. The minimum atomic E-state index is -0.768. The molecular formula is C15H12BrClINO2. The van der Waals surface area contributed by atoms with E-state index in [0.29, 0.717) is 16.1 Å². The molecule has 3 nitrogen and oxygen atoms in total. The van der Waals surface area contributed by atoms with E-state index < -0.39 is 6.10 Å². The molecule has 0 aliphatic carbocycles. The van der Waals surface area contributed by atoms with Crippen molar-refractivity contribution in [3.8, 4) is 0 Å². The summed E-state index contributed by atoms with van der Waals surface area (Å²) in [5.41, 5.74) is 1.29. The third kappa shape index (κ3) is 4.67. The maximum atomic E-state index is 12.1. The molecule has 6 heteroatoms. The third-order valence-corrected chi connectivity index (χ3v) is 4.57. The Morgan fingerprint density at radius 3 is 2.62 bits per heavy atom. The fourth-order valence-corrected chi connectivity index (χ4v) is 2.83. The zero-order valence-electron chi connectivity index (χ0n) is 10.8. The molecule has 2 aromatic rings. The molecule has 0 fully saturated rings. The van der Waals surface area contributed by atoms with E-state index in [9.17, 15) is 9.90 Å². The SMILES string of the molecule is O=C(NCC(O)c1ccc(Cl)cc1)c1cc(Br)ccc1I. The highest BCUT2D eigenvalue weighted by molar-refractivity contribution is 14.1. The van der Waals surface area contributed by atoms with E-state index in [1.807, 2.05) is 12.1 Å². The van der Waals surface area contributed by atoms with Gasteiger partial charge in [-0.1, -0.05) is 39.7 Å². The van der Waals surface area contributed by atoms with Crippen LogP contribution in [0.15, 0.2) is 46.9 Å². The van der Waals surface area contributed by atoms with Gasteiger partial charge >= 0.3 is 0 Å². The van der Waals surface area contributed by atoms with Crippen LogP contribution in [-0.4, -0.2) is 17.6 Å². The van der Waals surface area contributed by atoms with E-state index in [2.05, 4.69) is 43.8 Å². The van der Waals surface area contributed by atoms with Crippen LogP contribution >= 0.6 is 50.1 Å². The van der Waals surface area contributed by atoms with Crippen LogP contribution in [0.4, 0.5) is 0 Å². The van der Waals surface area contributed by atoms with Gasteiger partial charge < -0.3 is 10.4 Å². The Bertz CT molecular complexity index is 649. The van der Waals surface area contributed by atoms with Crippen LogP contribution in [-0.2, 0) is 0 Å². The maximum Gasteiger partial charge on any atom is 0.252 e. The molecule has 0 aromatic heterocycles. The number of nitrogens with one attached hydrogen (secondary N) is 1. The van der Waals surface area contributed by atoms with E-state index >= 15 is 0 Å². The summed E-state index contributed by atoms with van der Waals surface area (Å²) in [5.74, 6) is -0.214. The first-order valence-electron chi connectivity index (χ1n) is 6.14. The van der Waals surface area contributed by atoms with E-state index in [1.165, 1.54) is 0 Å². The normalized spacial score (nSPS) is 12.0. The van der Waals surface area contributed by atoms with Crippen molar-refractivity contribution in [2.45, 2.75) is 6.10 Å². The predicted molar refractivity (Wildman–Crippen MR) is 95.6 cm³/mol. The Kier molecular flexibility index (Phi) is 6.04. The second-order valence-corrected chi connectivity index (χ2v) is 6.92. The predicted octanol–water partition coefficient (Wildman–Crippen LogP) is 4.17. The summed E-state index contributed by atoms with van der Waals surface area (Å²) in [5, 5.41) is 13.4. The highest BCUT2D eigenvalue weighted by atomic mass is 127. The number of amides is 1. The smallest absolute Gasteiger partial charge is 0.252 e. The van der Waals surface area contributed by atoms with Crippen LogP contribution in [0.5, 0.6) is 0 Å². The van der Waals surface area contributed by atoms with Gasteiger partial charge in [0.1, 0.15) is 0 Å². The number of benzene rings is 2. The van der Waals surface area contributed by atoms with Crippen molar-refractivity contribution in [2.24, 2.45) is 0 Å². The highest BCUT2D eigenvalue weighted by Gasteiger charge is 2.13. The van der Waals surface area contributed by atoms with Gasteiger partial charge in [-0.05, 0) is 58.5 Å². The van der Waals surface area contributed by atoms with Crippen molar-refractivity contribution >= 4 is 56.0 Å². The lowest BCUT2D eigenvalue weighted by Crippen LogP contribution is -2.29. The zero-order chi connectivity index (χ0) is 15.4. The van der Waals surface area contributed by atoms with Gasteiger partial charge in [0.2, 0.25) is 0 Å². The van der Waals surface area contributed by atoms with Gasteiger partial charge in [-0.2, -0.15) is 0 Å². The van der Waals surface area contributed by atoms with Gasteiger partial charge in [0.05, 0.1) is 11.7 Å². The third-order valence-electron chi connectivity index (χ3n) is 2.88. The number of carbonyl (C=O) groups is 1. The minimum absolute atomic E-state index is 0.142. The molecule has 1 unspecified atom stereocenters. The van der Waals surface area contributed by atoms with E-state index in [0.717, 1.165) is 8.04 Å². The Labute approximate surface area is 150 Å². The van der Waals surface area contributed by atoms with Crippen molar-refractivity contribution < 1.29 is 9.90 Å². The largest absolute Gasteiger partial charge is 0.387 e. The van der Waals surface area contributed by atoms with Crippen LogP contribution in [0.2, 0.25) is 5.02 Å². The summed E-state index contributed by atoms with van der Waals surface area (Å²) in [4.78, 5) is 12.1. The van der Waals surface area contributed by atoms with Gasteiger partial charge in [0.15, 0.2) is 0 Å². The van der Waals surface area contributed by atoms with Crippen molar-refractivity contribution in [1.29, 1.82) is 0 Å². The minimum Gasteiger partial charge on any atom is -0.387 e. The first kappa shape index (κ1) is 16.7. The first-order chi connectivity index (χ1) is 9.97. The lowest BCUT2D eigenvalue weighted by atomic mass is 10.1. The van der Waals surface area contributed by atoms with Crippen molar-refractivity contribution in [1.82, 2.24) is 5.32 Å². The summed E-state index contributed by atoms with van der Waals surface area (Å²) in [6, 6.07) is 12.4. The number of aliphatic hydroxyl groups is 1. The van der Waals surface area contributed by atoms with Crippen molar-refractivity contribution in [3.05, 3.63) is 66.7 Å². The summed E-state index contributed by atoms with van der Waals surface area (Å²) < 4.78 is 1.69. The summed E-state index contributed by atoms with van der Waals surface area (Å²) >= 11 is 11.2. The van der Waals surface area contributed by atoms with Crippen LogP contribution in [0.1, 0.15) is 22.0 Å². The summed E-state index contributed by atoms with van der Waals surface area (Å²) in [6.45, 7) is 0.142. The molecule has 2 N–H and O–H groups in total. The molecule has 1 atom stereocenters. The molecule has 0 saturated heterocycles. The molecule has 2 aromatic carbocycles. The van der Waals surface area contributed by atoms with Crippen LogP contribution < -0.4 is 5.32 Å². The van der Waals surface area contributed by atoms with Crippen LogP contribution in [0, 0.1) is 3.57 Å². The molecule has 0 aliphatic heterocycles. The Balaban J connectivity index is 2.00. The summed E-state index contributed by atoms with van der Waals surface area (Å²) in [7, 11) is 0.